The van der Waals surface area contributed by atoms with E-state index in [4.69, 9.17) is 8.83 Å². The van der Waals surface area contributed by atoms with Crippen molar-refractivity contribution in [3.8, 4) is 11.5 Å². The maximum atomic E-state index is 12.5. The topological polar surface area (TPSA) is 119 Å². The van der Waals surface area contributed by atoms with E-state index in [0.29, 0.717) is 30.2 Å². The van der Waals surface area contributed by atoms with Crippen molar-refractivity contribution in [3.05, 3.63) is 47.4 Å². The predicted octanol–water partition coefficient (Wildman–Crippen LogP) is 3.23. The number of hydrogen-bond donors (Lipinski definition) is 1. The van der Waals surface area contributed by atoms with Gasteiger partial charge >= 0.3 is 6.01 Å². The molecule has 0 atom stereocenters. The van der Waals surface area contributed by atoms with Crippen molar-refractivity contribution in [2.45, 2.75) is 32.6 Å². The third-order valence-corrected chi connectivity index (χ3v) is 6.44. The van der Waals surface area contributed by atoms with Crippen LogP contribution in [-0.2, 0) is 10.0 Å². The van der Waals surface area contributed by atoms with Gasteiger partial charge in [0.2, 0.25) is 10.0 Å². The fourth-order valence-electron chi connectivity index (χ4n) is 2.89. The van der Waals surface area contributed by atoms with Gasteiger partial charge in [0.1, 0.15) is 11.5 Å². The summed E-state index contributed by atoms with van der Waals surface area (Å²) in [4.78, 5) is 12.5. The summed E-state index contributed by atoms with van der Waals surface area (Å²) in [5, 5.41) is 10.2. The van der Waals surface area contributed by atoms with Crippen molar-refractivity contribution >= 4 is 21.9 Å². The van der Waals surface area contributed by atoms with E-state index in [-0.39, 0.29) is 22.4 Å². The van der Waals surface area contributed by atoms with Crippen LogP contribution in [0.4, 0.5) is 6.01 Å². The number of hydrogen-bond acceptors (Lipinski definition) is 7. The molecule has 10 heteroatoms. The SMILES string of the molecule is CCN(CC)S(=O)(=O)c1ccc(C(=O)Nc2nnc(-c3cc(C)oc3C)o2)cc1. The summed E-state index contributed by atoms with van der Waals surface area (Å²) in [6.07, 6.45) is 0. The molecule has 3 aromatic rings. The van der Waals surface area contributed by atoms with Crippen molar-refractivity contribution < 1.29 is 22.0 Å². The van der Waals surface area contributed by atoms with Crippen LogP contribution in [0.1, 0.15) is 35.7 Å². The Kier molecular flexibility index (Phi) is 5.85. The lowest BCUT2D eigenvalue weighted by atomic mass is 10.2. The first-order valence-electron chi connectivity index (χ1n) is 9.08. The van der Waals surface area contributed by atoms with Crippen LogP contribution in [0, 0.1) is 13.8 Å². The zero-order valence-electron chi connectivity index (χ0n) is 16.6. The Hall–Kier alpha value is -2.98. The highest BCUT2D eigenvalue weighted by atomic mass is 32.2. The summed E-state index contributed by atoms with van der Waals surface area (Å²) in [6, 6.07) is 7.38. The number of benzene rings is 1. The maximum Gasteiger partial charge on any atom is 0.322 e. The number of sulfonamides is 1. The van der Waals surface area contributed by atoms with Gasteiger partial charge in [-0.25, -0.2) is 8.42 Å². The van der Waals surface area contributed by atoms with Crippen molar-refractivity contribution in [1.82, 2.24) is 14.5 Å². The van der Waals surface area contributed by atoms with Gasteiger partial charge in [-0.15, -0.1) is 5.10 Å². The molecular weight excluding hydrogens is 396 g/mol. The number of carbonyl (C=O) groups is 1. The standard InChI is InChI=1S/C19H22N4O5S/c1-5-23(6-2)29(25,26)15-9-7-14(8-10-15)17(24)20-19-22-21-18(28-19)16-11-12(3)27-13(16)4/h7-11H,5-6H2,1-4H3,(H,20,22,24). The van der Waals surface area contributed by atoms with Gasteiger partial charge in [-0.2, -0.15) is 4.31 Å². The second-order valence-electron chi connectivity index (χ2n) is 6.31. The lowest BCUT2D eigenvalue weighted by molar-refractivity contribution is 0.102. The van der Waals surface area contributed by atoms with Gasteiger partial charge in [-0.1, -0.05) is 18.9 Å². The van der Waals surface area contributed by atoms with Crippen molar-refractivity contribution in [3.63, 3.8) is 0 Å². The van der Waals surface area contributed by atoms with Crippen LogP contribution in [0.15, 0.2) is 44.1 Å². The highest BCUT2D eigenvalue weighted by Gasteiger charge is 2.22. The molecule has 0 radical (unpaired) electrons. The molecule has 0 aliphatic rings. The number of anilines is 1. The van der Waals surface area contributed by atoms with Gasteiger partial charge in [0.05, 0.1) is 10.5 Å². The molecule has 29 heavy (non-hydrogen) atoms. The van der Waals surface area contributed by atoms with E-state index in [9.17, 15) is 13.2 Å². The van der Waals surface area contributed by atoms with E-state index >= 15 is 0 Å². The monoisotopic (exact) mass is 418 g/mol. The number of rotatable bonds is 7. The smallest absolute Gasteiger partial charge is 0.322 e. The molecule has 1 amide bonds. The van der Waals surface area contributed by atoms with Gasteiger partial charge in [-0.3, -0.25) is 10.1 Å². The van der Waals surface area contributed by atoms with Crippen LogP contribution in [-0.4, -0.2) is 41.9 Å². The normalized spacial score (nSPS) is 11.8. The lowest BCUT2D eigenvalue weighted by Gasteiger charge is -2.18. The summed E-state index contributed by atoms with van der Waals surface area (Å²) >= 11 is 0. The van der Waals surface area contributed by atoms with Crippen molar-refractivity contribution in [2.75, 3.05) is 18.4 Å². The molecule has 0 spiro atoms. The van der Waals surface area contributed by atoms with Gasteiger partial charge in [0, 0.05) is 18.7 Å². The minimum Gasteiger partial charge on any atom is -0.466 e. The van der Waals surface area contributed by atoms with Gasteiger partial charge in [0.15, 0.2) is 0 Å². The molecule has 1 aromatic carbocycles. The molecule has 0 bridgehead atoms. The van der Waals surface area contributed by atoms with Gasteiger partial charge < -0.3 is 8.83 Å². The van der Waals surface area contributed by atoms with Crippen molar-refractivity contribution in [1.29, 1.82) is 0 Å². The molecule has 154 valence electrons. The van der Waals surface area contributed by atoms with Crippen LogP contribution in [0.3, 0.4) is 0 Å². The van der Waals surface area contributed by atoms with E-state index in [1.165, 1.54) is 28.6 Å². The molecule has 0 saturated heterocycles. The Morgan fingerprint density at radius 2 is 1.72 bits per heavy atom. The number of furan rings is 1. The van der Waals surface area contributed by atoms with E-state index < -0.39 is 15.9 Å². The van der Waals surface area contributed by atoms with Gasteiger partial charge in [-0.05, 0) is 44.2 Å². The van der Waals surface area contributed by atoms with E-state index in [0.717, 1.165) is 0 Å². The number of carbonyl (C=O) groups excluding carboxylic acids is 1. The zero-order chi connectivity index (χ0) is 21.2. The molecule has 3 rings (SSSR count). The number of aromatic nitrogens is 2. The van der Waals surface area contributed by atoms with Crippen LogP contribution in [0.25, 0.3) is 11.5 Å². The van der Waals surface area contributed by atoms with E-state index in [1.807, 2.05) is 0 Å². The van der Waals surface area contributed by atoms with Crippen LogP contribution >= 0.6 is 0 Å². The largest absolute Gasteiger partial charge is 0.466 e. The first-order valence-corrected chi connectivity index (χ1v) is 10.5. The Morgan fingerprint density at radius 1 is 1.07 bits per heavy atom. The maximum absolute atomic E-state index is 12.5. The quantitative estimate of drug-likeness (QED) is 0.626. The van der Waals surface area contributed by atoms with Crippen LogP contribution in [0.5, 0.6) is 0 Å². The van der Waals surface area contributed by atoms with E-state index in [2.05, 4.69) is 15.5 Å². The second kappa shape index (κ2) is 8.18. The fraction of sp³-hybridized carbons (Fsp3) is 0.316. The highest BCUT2D eigenvalue weighted by molar-refractivity contribution is 7.89. The summed E-state index contributed by atoms with van der Waals surface area (Å²) < 4.78 is 37.3. The first kappa shape index (κ1) is 20.7. The average molecular weight is 418 g/mol. The predicted molar refractivity (Wildman–Crippen MR) is 106 cm³/mol. The molecule has 0 aliphatic carbocycles. The van der Waals surface area contributed by atoms with Gasteiger partial charge in [0.25, 0.3) is 11.8 Å². The molecule has 0 fully saturated rings. The summed E-state index contributed by atoms with van der Waals surface area (Å²) in [7, 11) is -3.58. The minimum atomic E-state index is -3.58. The molecular formula is C19H22N4O5S. The number of aryl methyl sites for hydroxylation is 2. The molecule has 0 aliphatic heterocycles. The Bertz CT molecular complexity index is 1110. The summed E-state index contributed by atoms with van der Waals surface area (Å²) in [5.41, 5.74) is 0.917. The number of amides is 1. The molecule has 9 nitrogen and oxygen atoms in total. The molecule has 2 heterocycles. The molecule has 1 N–H and O–H groups in total. The van der Waals surface area contributed by atoms with Crippen LogP contribution < -0.4 is 5.32 Å². The second-order valence-corrected chi connectivity index (χ2v) is 8.25. The first-order chi connectivity index (χ1) is 13.8. The van der Waals surface area contributed by atoms with Crippen LogP contribution in [0.2, 0.25) is 0 Å². The minimum absolute atomic E-state index is 0.0666. The number of nitrogens with zero attached hydrogens (tertiary/aromatic N) is 3. The lowest BCUT2D eigenvalue weighted by Crippen LogP contribution is -2.30. The third-order valence-electron chi connectivity index (χ3n) is 4.38. The van der Waals surface area contributed by atoms with Crippen molar-refractivity contribution in [2.24, 2.45) is 0 Å². The molecule has 0 unspecified atom stereocenters. The van der Waals surface area contributed by atoms with E-state index in [1.54, 1.807) is 33.8 Å². The summed E-state index contributed by atoms with van der Waals surface area (Å²) in [5.74, 6) is 1.08. The molecule has 2 aromatic heterocycles. The molecule has 0 saturated carbocycles. The fourth-order valence-corrected chi connectivity index (χ4v) is 4.34. The Morgan fingerprint density at radius 3 is 2.28 bits per heavy atom. The zero-order valence-corrected chi connectivity index (χ0v) is 17.4. The Labute approximate surface area is 168 Å². The summed E-state index contributed by atoms with van der Waals surface area (Å²) in [6.45, 7) is 7.87. The third kappa shape index (κ3) is 4.22. The Balaban J connectivity index is 1.74. The average Bonchev–Trinajstić information content (AvgIpc) is 3.28. The highest BCUT2D eigenvalue weighted by Crippen LogP contribution is 2.26. The number of nitrogens with one attached hydrogen (secondary N) is 1.